The third-order valence-electron chi connectivity index (χ3n) is 7.10. The highest BCUT2D eigenvalue weighted by molar-refractivity contribution is 5.84. The molecule has 0 radical (unpaired) electrons. The molecule has 0 saturated heterocycles. The van der Waals surface area contributed by atoms with Crippen LogP contribution in [0.5, 0.6) is 0 Å². The van der Waals surface area contributed by atoms with E-state index in [2.05, 4.69) is 10.7 Å². The summed E-state index contributed by atoms with van der Waals surface area (Å²) in [4.78, 5) is 83.1. The van der Waals surface area contributed by atoms with Gasteiger partial charge in [-0.2, -0.15) is 0 Å². The number of carbonyl (C=O) groups excluding carboxylic acids is 1. The van der Waals surface area contributed by atoms with Crippen LogP contribution in [0, 0.1) is 5.92 Å². The van der Waals surface area contributed by atoms with Crippen molar-refractivity contribution in [3.63, 3.8) is 0 Å². The van der Waals surface area contributed by atoms with Crippen molar-refractivity contribution >= 4 is 58.6 Å². The summed E-state index contributed by atoms with van der Waals surface area (Å²) in [6, 6.07) is 2.31. The van der Waals surface area contributed by atoms with Gasteiger partial charge in [0.15, 0.2) is 0 Å². The number of H-pyrrole nitrogens is 1. The minimum atomic E-state index is -1.29. The number of para-hydroxylation sites is 1. The van der Waals surface area contributed by atoms with Gasteiger partial charge in [0, 0.05) is 23.5 Å². The van der Waals surface area contributed by atoms with Crippen molar-refractivity contribution in [2.45, 2.75) is 102 Å². The molecule has 1 aromatic heterocycles. The molecule has 0 aliphatic carbocycles. The molecule has 0 spiro atoms. The lowest BCUT2D eigenvalue weighted by Crippen LogP contribution is -2.36. The van der Waals surface area contributed by atoms with Crippen LogP contribution < -0.4 is 45.9 Å². The highest BCUT2D eigenvalue weighted by Crippen LogP contribution is 2.18. The molecule has 2 aromatic rings. The Bertz CT molecular complexity index is 1520. The van der Waals surface area contributed by atoms with Crippen LogP contribution in [-0.4, -0.2) is 131 Å². The van der Waals surface area contributed by atoms with E-state index in [1.165, 1.54) is 6.92 Å². The average molecular weight is 836 g/mol. The van der Waals surface area contributed by atoms with Crippen molar-refractivity contribution in [3.8, 4) is 0 Å². The number of benzene rings is 1. The first kappa shape index (κ1) is 58.9. The quantitative estimate of drug-likeness (QED) is 0.0699. The third kappa shape index (κ3) is 32.5. The van der Waals surface area contributed by atoms with E-state index in [4.69, 9.17) is 75.9 Å². The molecule has 0 bridgehead atoms. The molecule has 24 N–H and O–H groups in total. The summed E-state index contributed by atoms with van der Waals surface area (Å²) >= 11 is 0. The molecule has 24 heteroatoms. The highest BCUT2D eigenvalue weighted by atomic mass is 16.4. The molecule has 2 rings (SSSR count). The van der Waals surface area contributed by atoms with E-state index < -0.39 is 90.4 Å². The Morgan fingerprint density at radius 2 is 1.09 bits per heavy atom. The van der Waals surface area contributed by atoms with Gasteiger partial charge in [-0.25, -0.2) is 0 Å². The number of fused-ring (bicyclic) bond motifs is 1. The number of aromatic nitrogens is 1. The van der Waals surface area contributed by atoms with Crippen molar-refractivity contribution in [2.75, 3.05) is 6.54 Å². The molecule has 332 valence electrons. The topological polar surface area (TPSA) is 502 Å². The van der Waals surface area contributed by atoms with Crippen LogP contribution in [0.15, 0.2) is 30.5 Å². The second-order valence-corrected chi connectivity index (χ2v) is 12.3. The summed E-state index contributed by atoms with van der Waals surface area (Å²) in [6.07, 6.45) is 4.29. The first-order valence-corrected chi connectivity index (χ1v) is 17.3. The molecule has 0 saturated carbocycles. The molecule has 1 aromatic carbocycles. The first-order chi connectivity index (χ1) is 26.7. The smallest absolute Gasteiger partial charge is 0.321 e. The molecule has 0 aliphatic rings. The second kappa shape index (κ2) is 33.4. The number of hydrogen-bond donors (Lipinski definition) is 16. The fourth-order valence-electron chi connectivity index (χ4n) is 3.33. The third-order valence-corrected chi connectivity index (χ3v) is 7.10. The number of nitrogens with one attached hydrogen (secondary N) is 1. The number of carbonyl (C=O) groups is 8. The predicted octanol–water partition coefficient (Wildman–Crippen LogP) is -2.34. The first-order valence-electron chi connectivity index (χ1n) is 17.3. The Hall–Kier alpha value is -5.76. The lowest BCUT2D eigenvalue weighted by atomic mass is 10.0. The van der Waals surface area contributed by atoms with Gasteiger partial charge in [-0.15, -0.1) is 0 Å². The number of nitrogens with two attached hydrogens (primary N) is 8. The van der Waals surface area contributed by atoms with Gasteiger partial charge < -0.3 is 86.6 Å². The largest absolute Gasteiger partial charge is 0.481 e. The van der Waals surface area contributed by atoms with Crippen LogP contribution in [0.4, 0.5) is 0 Å². The molecule has 0 unspecified atom stereocenters. The molecular weight excluding hydrogens is 774 g/mol. The summed E-state index contributed by atoms with van der Waals surface area (Å²) in [7, 11) is 0. The summed E-state index contributed by atoms with van der Waals surface area (Å²) in [5.41, 5.74) is 42.4. The van der Waals surface area contributed by atoms with E-state index in [0.29, 0.717) is 19.4 Å². The van der Waals surface area contributed by atoms with Gasteiger partial charge in [-0.3, -0.25) is 38.4 Å². The van der Waals surface area contributed by atoms with E-state index in [9.17, 15) is 38.4 Å². The molecular formula is C34H61N9O15. The minimum Gasteiger partial charge on any atom is -0.481 e. The second-order valence-electron chi connectivity index (χ2n) is 12.3. The number of amides is 1. The molecule has 0 aliphatic heterocycles. The van der Waals surface area contributed by atoms with Gasteiger partial charge in [-0.05, 0) is 43.9 Å². The monoisotopic (exact) mass is 835 g/mol. The van der Waals surface area contributed by atoms with Gasteiger partial charge in [0.05, 0.1) is 12.8 Å². The summed E-state index contributed by atoms with van der Waals surface area (Å²) in [5, 5.41) is 58.4. The average Bonchev–Trinajstić information content (AvgIpc) is 3.54. The highest BCUT2D eigenvalue weighted by Gasteiger charge is 2.18. The van der Waals surface area contributed by atoms with E-state index in [1.54, 1.807) is 0 Å². The zero-order chi connectivity index (χ0) is 46.3. The maximum absolute atomic E-state index is 10.6. The van der Waals surface area contributed by atoms with Gasteiger partial charge in [0.1, 0.15) is 36.3 Å². The summed E-state index contributed by atoms with van der Waals surface area (Å²) in [6.45, 7) is 5.78. The molecule has 24 nitrogen and oxygen atoms in total. The molecule has 58 heavy (non-hydrogen) atoms. The molecule has 7 atom stereocenters. The number of aromatic amines is 1. The molecule has 1 amide bonds. The van der Waals surface area contributed by atoms with Gasteiger partial charge >= 0.3 is 41.8 Å². The molecule has 1 heterocycles. The fourth-order valence-corrected chi connectivity index (χ4v) is 3.33. The van der Waals surface area contributed by atoms with E-state index in [-0.39, 0.29) is 12.3 Å². The lowest BCUT2D eigenvalue weighted by Gasteiger charge is -2.11. The van der Waals surface area contributed by atoms with Gasteiger partial charge in [0.25, 0.3) is 0 Å². The van der Waals surface area contributed by atoms with Gasteiger partial charge in [-0.1, -0.05) is 44.9 Å². The van der Waals surface area contributed by atoms with Crippen LogP contribution in [0.2, 0.25) is 0 Å². The van der Waals surface area contributed by atoms with Crippen LogP contribution in [-0.2, 0) is 44.8 Å². The Balaban J connectivity index is -0.000000309. The van der Waals surface area contributed by atoms with Crippen molar-refractivity contribution in [3.05, 3.63) is 36.0 Å². The number of unbranched alkanes of at least 4 members (excludes halogenated alkanes) is 1. The van der Waals surface area contributed by atoms with Crippen LogP contribution in [0.3, 0.4) is 0 Å². The number of rotatable bonds is 18. The van der Waals surface area contributed by atoms with E-state index in [1.807, 2.05) is 44.3 Å². The summed E-state index contributed by atoms with van der Waals surface area (Å²) in [5.74, 6) is -8.12. The SMILES string of the molecule is CC[C@H](C)[C@H](N)C(=O)O.C[C@H](N)C(=O)O.NC(=O)C[C@H](N)C(=O)O.NCCCC[C@H](N)C(=O)O.N[C@@H](CC(=O)O)C(=O)O.N[C@@H](Cc1c[nH]c2ccccc12)C(=O)O. The Kier molecular flexibility index (Phi) is 33.9. The maximum Gasteiger partial charge on any atom is 0.321 e. The van der Waals surface area contributed by atoms with Crippen molar-refractivity contribution < 1.29 is 74.1 Å². The van der Waals surface area contributed by atoms with Gasteiger partial charge in [0.2, 0.25) is 5.91 Å². The Morgan fingerprint density at radius 3 is 1.40 bits per heavy atom. The lowest BCUT2D eigenvalue weighted by molar-refractivity contribution is -0.144. The standard InChI is InChI=1S/C11H12N2O2.C6H14N2O2.C6H13NO2.C4H8N2O3.C4H7NO4.C3H7NO2/c12-9(11(14)15)5-7-6-13-10-4-2-1-3-8(7)10;7-4-2-1-3-5(8)6(9)10;1-3-4(2)5(7)6(8)9;2*5-2(4(8)9)1-3(6)7;1-2(4)3(5)6/h1-4,6,9,13H,5,12H2,(H,14,15);5H,1-4,7-8H2,(H,9,10);4-5H,3,7H2,1-2H3,(H,8,9);2H,1,5H2,(H2,6,7)(H,8,9);2H,1,5H2,(H,6,7)(H,8,9);2H,4H2,1H3,(H,5,6)/t9-;5-;4-,5-;3*2-/m000000/s1. The normalized spacial score (nSPS) is 13.5. The number of aliphatic carboxylic acids is 7. The van der Waals surface area contributed by atoms with Crippen molar-refractivity contribution in [1.29, 1.82) is 0 Å². The van der Waals surface area contributed by atoms with Crippen LogP contribution in [0.1, 0.15) is 64.9 Å². The maximum atomic E-state index is 10.6. The fraction of sp³-hybridized carbons (Fsp3) is 0.529. The van der Waals surface area contributed by atoms with E-state index >= 15 is 0 Å². The molecule has 0 fully saturated rings. The van der Waals surface area contributed by atoms with Crippen LogP contribution >= 0.6 is 0 Å². The number of primary amides is 1. The van der Waals surface area contributed by atoms with Crippen molar-refractivity contribution in [1.82, 2.24) is 4.98 Å². The number of carboxylic acids is 7. The number of hydrogen-bond acceptors (Lipinski definition) is 15. The predicted molar refractivity (Wildman–Crippen MR) is 210 cm³/mol. The Labute approximate surface area is 333 Å². The Morgan fingerprint density at radius 1 is 0.638 bits per heavy atom. The minimum absolute atomic E-state index is 0.0718. The van der Waals surface area contributed by atoms with E-state index in [0.717, 1.165) is 35.7 Å². The zero-order valence-electron chi connectivity index (χ0n) is 32.6. The summed E-state index contributed by atoms with van der Waals surface area (Å²) < 4.78 is 0. The zero-order valence-corrected chi connectivity index (χ0v) is 32.6. The number of carboxylic acid groups (broad SMARTS) is 7. The van der Waals surface area contributed by atoms with Crippen LogP contribution in [0.25, 0.3) is 10.9 Å². The van der Waals surface area contributed by atoms with Crippen molar-refractivity contribution in [2.24, 2.45) is 51.8 Å².